The van der Waals surface area contributed by atoms with Crippen LogP contribution in [0, 0.1) is 0 Å². The molecule has 4 nitrogen and oxygen atoms in total. The minimum absolute atomic E-state index is 0.0178. The number of hydrogen-bond acceptors (Lipinski definition) is 3. The van der Waals surface area contributed by atoms with Crippen LogP contribution < -0.4 is 5.32 Å². The predicted octanol–water partition coefficient (Wildman–Crippen LogP) is 6.79. The zero-order chi connectivity index (χ0) is 25.6. The van der Waals surface area contributed by atoms with Gasteiger partial charge in [0.25, 0.3) is 5.91 Å². The number of aromatic nitrogens is 1. The van der Waals surface area contributed by atoms with Gasteiger partial charge in [0, 0.05) is 10.9 Å². The monoisotopic (exact) mass is 483 g/mol. The Hall–Kier alpha value is -3.19. The van der Waals surface area contributed by atoms with Crippen LogP contribution in [0.5, 0.6) is 0 Å². The standard InChI is InChI=1S/C25H26F3N3O.C3H6/c1-31(2)24(14-8-9-15-24)22(17-10-4-3-5-11-17)30-23(32)19-16-21(25(26,27)28)29-20-13-7-6-12-18(19)20;1-3-2/h3-7,10-13,16,22H,8-9,14-15H2,1-2H3,(H,30,32);3H,1H2,2H3. The summed E-state index contributed by atoms with van der Waals surface area (Å²) < 4.78 is 40.5. The molecule has 2 aromatic carbocycles. The Morgan fingerprint density at radius 1 is 1.09 bits per heavy atom. The summed E-state index contributed by atoms with van der Waals surface area (Å²) in [7, 11) is 3.99. The fraction of sp³-hybridized carbons (Fsp3) is 0.357. The molecule has 3 aromatic rings. The number of hydrogen-bond donors (Lipinski definition) is 1. The first-order valence-electron chi connectivity index (χ1n) is 11.7. The number of carbonyl (C=O) groups is 1. The van der Waals surface area contributed by atoms with E-state index in [2.05, 4.69) is 21.8 Å². The third-order valence-corrected chi connectivity index (χ3v) is 6.56. The first kappa shape index (κ1) is 26.4. The van der Waals surface area contributed by atoms with Gasteiger partial charge in [-0.15, -0.1) is 6.58 Å². The van der Waals surface area contributed by atoms with Crippen molar-refractivity contribution in [2.75, 3.05) is 14.1 Å². The number of carbonyl (C=O) groups excluding carboxylic acids is 1. The van der Waals surface area contributed by atoms with Gasteiger partial charge in [0.05, 0.1) is 17.1 Å². The van der Waals surface area contributed by atoms with Crippen molar-refractivity contribution >= 4 is 16.8 Å². The number of nitrogens with zero attached hydrogens (tertiary/aromatic N) is 2. The van der Waals surface area contributed by atoms with Crippen molar-refractivity contribution in [2.24, 2.45) is 0 Å². The molecule has 1 aromatic heterocycles. The summed E-state index contributed by atoms with van der Waals surface area (Å²) in [6.45, 7) is 5.25. The fourth-order valence-electron chi connectivity index (χ4n) is 4.87. The molecule has 0 bridgehead atoms. The molecular formula is C28H32F3N3O. The molecule has 1 amide bonds. The maximum atomic E-state index is 13.5. The Kier molecular flexibility index (Phi) is 8.33. The molecule has 0 radical (unpaired) electrons. The van der Waals surface area contributed by atoms with Gasteiger partial charge >= 0.3 is 6.18 Å². The van der Waals surface area contributed by atoms with Crippen molar-refractivity contribution in [3.8, 4) is 0 Å². The fourth-order valence-corrected chi connectivity index (χ4v) is 4.87. The van der Waals surface area contributed by atoms with Gasteiger partial charge in [-0.1, -0.05) is 67.4 Å². The van der Waals surface area contributed by atoms with Crippen LogP contribution in [0.15, 0.2) is 73.3 Å². The number of pyridine rings is 1. The second-order valence-corrected chi connectivity index (χ2v) is 9.00. The number of para-hydroxylation sites is 1. The van der Waals surface area contributed by atoms with Gasteiger partial charge in [-0.2, -0.15) is 13.2 Å². The number of nitrogens with one attached hydrogen (secondary N) is 1. The number of benzene rings is 2. The lowest BCUT2D eigenvalue weighted by molar-refractivity contribution is -0.140. The molecule has 186 valence electrons. The van der Waals surface area contributed by atoms with E-state index < -0.39 is 17.8 Å². The quantitative estimate of drug-likeness (QED) is 0.406. The van der Waals surface area contributed by atoms with Crippen LogP contribution in [0.25, 0.3) is 10.9 Å². The van der Waals surface area contributed by atoms with Crippen LogP contribution in [-0.2, 0) is 6.18 Å². The van der Waals surface area contributed by atoms with Crippen LogP contribution in [0.4, 0.5) is 13.2 Å². The van der Waals surface area contributed by atoms with E-state index >= 15 is 0 Å². The molecule has 35 heavy (non-hydrogen) atoms. The van der Waals surface area contributed by atoms with Gasteiger partial charge in [0.1, 0.15) is 5.69 Å². The van der Waals surface area contributed by atoms with Crippen molar-refractivity contribution in [2.45, 2.75) is 50.4 Å². The molecule has 1 N–H and O–H groups in total. The van der Waals surface area contributed by atoms with Gasteiger partial charge < -0.3 is 10.2 Å². The summed E-state index contributed by atoms with van der Waals surface area (Å²) in [6, 6.07) is 16.6. The Labute approximate surface area is 204 Å². The molecule has 1 fully saturated rings. The molecule has 0 aliphatic heterocycles. The number of halogens is 3. The minimum Gasteiger partial charge on any atom is -0.343 e. The van der Waals surface area contributed by atoms with Crippen LogP contribution in [0.3, 0.4) is 0 Å². The zero-order valence-electron chi connectivity index (χ0n) is 20.4. The smallest absolute Gasteiger partial charge is 0.343 e. The van der Waals surface area contributed by atoms with Gasteiger partial charge in [0.15, 0.2) is 0 Å². The summed E-state index contributed by atoms with van der Waals surface area (Å²) in [5, 5.41) is 3.51. The lowest BCUT2D eigenvalue weighted by Crippen LogP contribution is -2.53. The Morgan fingerprint density at radius 3 is 2.23 bits per heavy atom. The highest BCUT2D eigenvalue weighted by Crippen LogP contribution is 2.43. The van der Waals surface area contributed by atoms with Gasteiger partial charge in [-0.05, 0) is 51.6 Å². The minimum atomic E-state index is -4.64. The Bertz CT molecular complexity index is 1150. The Morgan fingerprint density at radius 2 is 1.66 bits per heavy atom. The summed E-state index contributed by atoms with van der Waals surface area (Å²) >= 11 is 0. The summed E-state index contributed by atoms with van der Waals surface area (Å²) in [5.41, 5.74) is -0.318. The van der Waals surface area contributed by atoms with E-state index in [0.717, 1.165) is 37.3 Å². The molecule has 1 atom stereocenters. The van der Waals surface area contributed by atoms with Crippen LogP contribution in [0.1, 0.15) is 60.3 Å². The average molecular weight is 484 g/mol. The van der Waals surface area contributed by atoms with Gasteiger partial charge in [0.2, 0.25) is 0 Å². The highest BCUT2D eigenvalue weighted by atomic mass is 19.4. The molecule has 1 aliphatic rings. The van der Waals surface area contributed by atoms with E-state index in [1.165, 1.54) is 6.07 Å². The van der Waals surface area contributed by atoms with Gasteiger partial charge in [-0.25, -0.2) is 4.98 Å². The maximum absolute atomic E-state index is 13.5. The maximum Gasteiger partial charge on any atom is 0.433 e. The summed E-state index contributed by atoms with van der Waals surface area (Å²) in [5.74, 6) is -0.531. The zero-order valence-corrected chi connectivity index (χ0v) is 20.4. The van der Waals surface area contributed by atoms with E-state index in [1.54, 1.807) is 24.3 Å². The third-order valence-electron chi connectivity index (χ3n) is 6.56. The molecule has 1 heterocycles. The Balaban J connectivity index is 0.00000108. The lowest BCUT2D eigenvalue weighted by atomic mass is 9.82. The first-order valence-corrected chi connectivity index (χ1v) is 11.7. The molecule has 7 heteroatoms. The molecule has 4 rings (SSSR count). The molecule has 1 saturated carbocycles. The van der Waals surface area contributed by atoms with E-state index in [4.69, 9.17) is 0 Å². The molecular weight excluding hydrogens is 451 g/mol. The van der Waals surface area contributed by atoms with Gasteiger partial charge in [-0.3, -0.25) is 4.79 Å². The number of rotatable bonds is 5. The lowest BCUT2D eigenvalue weighted by Gasteiger charge is -2.44. The number of fused-ring (bicyclic) bond motifs is 1. The van der Waals surface area contributed by atoms with Crippen molar-refractivity contribution in [3.63, 3.8) is 0 Å². The normalized spacial score (nSPS) is 15.9. The van der Waals surface area contributed by atoms with Crippen LogP contribution in [-0.4, -0.2) is 35.4 Å². The van der Waals surface area contributed by atoms with Crippen molar-refractivity contribution in [1.82, 2.24) is 15.2 Å². The first-order chi connectivity index (χ1) is 16.6. The SMILES string of the molecule is C=CC.CN(C)C1(C(NC(=O)c2cc(C(F)(F)F)nc3ccccc23)c2ccccc2)CCCC1. The molecule has 1 aliphatic carbocycles. The number of amides is 1. The van der Waals surface area contributed by atoms with Crippen molar-refractivity contribution in [1.29, 1.82) is 0 Å². The largest absolute Gasteiger partial charge is 0.433 e. The number of allylic oxidation sites excluding steroid dienone is 1. The summed E-state index contributed by atoms with van der Waals surface area (Å²) in [4.78, 5) is 19.4. The second kappa shape index (κ2) is 11.0. The van der Waals surface area contributed by atoms with E-state index in [1.807, 2.05) is 51.4 Å². The van der Waals surface area contributed by atoms with E-state index in [9.17, 15) is 18.0 Å². The van der Waals surface area contributed by atoms with E-state index in [0.29, 0.717) is 5.39 Å². The third kappa shape index (κ3) is 5.73. The highest BCUT2D eigenvalue weighted by Gasteiger charge is 2.45. The van der Waals surface area contributed by atoms with Crippen molar-refractivity contribution in [3.05, 3.63) is 90.1 Å². The average Bonchev–Trinajstić information content (AvgIpc) is 3.33. The molecule has 0 saturated heterocycles. The van der Waals surface area contributed by atoms with Crippen molar-refractivity contribution < 1.29 is 18.0 Å². The second-order valence-electron chi connectivity index (χ2n) is 9.00. The predicted molar refractivity (Wildman–Crippen MR) is 134 cm³/mol. The van der Waals surface area contributed by atoms with Crippen LogP contribution in [0.2, 0.25) is 0 Å². The van der Waals surface area contributed by atoms with E-state index in [-0.39, 0.29) is 22.7 Å². The molecule has 0 spiro atoms. The highest BCUT2D eigenvalue weighted by molar-refractivity contribution is 6.06. The number of alkyl halides is 3. The van der Waals surface area contributed by atoms with Crippen LogP contribution >= 0.6 is 0 Å². The topological polar surface area (TPSA) is 45.2 Å². The molecule has 1 unspecified atom stereocenters. The number of likely N-dealkylation sites (N-methyl/N-ethyl adjacent to an activating group) is 1. The summed E-state index contributed by atoms with van der Waals surface area (Å²) in [6.07, 6.45) is 0.964.